The number of hydrogen-bond acceptors (Lipinski definition) is 15. The maximum Gasteiger partial charge on any atom is 0.472 e. The number of unbranched alkanes of at least 4 members (excludes halogenated alkanes) is 36. The summed E-state index contributed by atoms with van der Waals surface area (Å²) >= 11 is 0. The number of carbonyl (C=O) groups excluding carboxylic acids is 4. The van der Waals surface area contributed by atoms with Gasteiger partial charge in [0.25, 0.3) is 0 Å². The summed E-state index contributed by atoms with van der Waals surface area (Å²) in [5.41, 5.74) is 0. The third-order valence-electron chi connectivity index (χ3n) is 17.4. The van der Waals surface area contributed by atoms with E-state index in [4.69, 9.17) is 37.0 Å². The van der Waals surface area contributed by atoms with Crippen LogP contribution in [0.3, 0.4) is 0 Å². The highest BCUT2D eigenvalue weighted by molar-refractivity contribution is 7.47. The first-order valence-corrected chi connectivity index (χ1v) is 40.4. The third kappa shape index (κ3) is 63.9. The maximum atomic E-state index is 13.0. The van der Waals surface area contributed by atoms with E-state index in [0.717, 1.165) is 108 Å². The van der Waals surface area contributed by atoms with E-state index in [1.54, 1.807) is 0 Å². The van der Waals surface area contributed by atoms with Crippen LogP contribution in [0.1, 0.15) is 363 Å². The number of esters is 4. The van der Waals surface area contributed by atoms with Crippen LogP contribution >= 0.6 is 15.6 Å². The molecule has 7 atom stereocenters. The largest absolute Gasteiger partial charge is 0.472 e. The molecule has 0 aromatic carbocycles. The van der Waals surface area contributed by atoms with Crippen LogP contribution in [0.5, 0.6) is 0 Å². The molecule has 0 heterocycles. The molecule has 0 aromatic heterocycles. The standard InChI is InChI=1S/C72H140O17P2/c1-8-11-12-13-14-22-32-39-46-53-69(74)82-59-68(89-72(77)56-49-42-35-28-26-31-38-45-52-65(7)10-3)62-87-91(80,81)85-58-66(73)57-84-90(78,79)86-61-67(60-83-70(75)54-47-40-33-27-25-30-37-44-51-64(6)9-2)88-71(76)55-48-41-34-24-21-19-17-15-16-18-20-23-29-36-43-50-63(4)5/h63-68,73H,8-62H2,1-7H3,(H,78,79)(H,80,81)/t64?,65?,66-,67-,68-/m1/s1. The number of carbonyl (C=O) groups is 4. The van der Waals surface area contributed by atoms with Gasteiger partial charge in [-0.2, -0.15) is 0 Å². The van der Waals surface area contributed by atoms with Gasteiger partial charge in [-0.3, -0.25) is 37.3 Å². The number of rotatable bonds is 70. The molecule has 0 saturated heterocycles. The molecular formula is C72H140O17P2. The minimum Gasteiger partial charge on any atom is -0.462 e. The second kappa shape index (κ2) is 62.8. The molecule has 0 aliphatic heterocycles. The fourth-order valence-electron chi connectivity index (χ4n) is 10.8. The van der Waals surface area contributed by atoms with E-state index in [1.807, 2.05) is 0 Å². The van der Waals surface area contributed by atoms with Crippen molar-refractivity contribution in [3.05, 3.63) is 0 Å². The molecule has 3 N–H and O–H groups in total. The Balaban J connectivity index is 5.23. The van der Waals surface area contributed by atoms with Crippen molar-refractivity contribution < 1.29 is 80.2 Å². The van der Waals surface area contributed by atoms with E-state index in [-0.39, 0.29) is 25.7 Å². The Labute approximate surface area is 556 Å². The zero-order valence-corrected chi connectivity index (χ0v) is 61.1. The van der Waals surface area contributed by atoms with E-state index < -0.39 is 97.5 Å². The van der Waals surface area contributed by atoms with Crippen molar-refractivity contribution in [2.75, 3.05) is 39.6 Å². The highest BCUT2D eigenvalue weighted by atomic mass is 31.2. The smallest absolute Gasteiger partial charge is 0.462 e. The van der Waals surface area contributed by atoms with Gasteiger partial charge in [-0.1, -0.05) is 312 Å². The van der Waals surface area contributed by atoms with Gasteiger partial charge in [0.1, 0.15) is 19.3 Å². The average molecular weight is 1340 g/mol. The summed E-state index contributed by atoms with van der Waals surface area (Å²) in [5, 5.41) is 10.6. The maximum absolute atomic E-state index is 13.0. The lowest BCUT2D eigenvalue weighted by Gasteiger charge is -2.21. The number of phosphoric ester groups is 2. The summed E-state index contributed by atoms with van der Waals surface area (Å²) in [7, 11) is -9.90. The van der Waals surface area contributed by atoms with Gasteiger partial charge in [-0.25, -0.2) is 9.13 Å². The van der Waals surface area contributed by atoms with Crippen molar-refractivity contribution >= 4 is 39.5 Å². The molecule has 0 aliphatic rings. The van der Waals surface area contributed by atoms with Crippen LogP contribution in [0.4, 0.5) is 0 Å². The van der Waals surface area contributed by atoms with Crippen molar-refractivity contribution in [1.82, 2.24) is 0 Å². The summed E-state index contributed by atoms with van der Waals surface area (Å²) < 4.78 is 68.3. The Hall–Kier alpha value is -1.94. The van der Waals surface area contributed by atoms with Crippen LogP contribution in [0, 0.1) is 17.8 Å². The number of phosphoric acid groups is 2. The second-order valence-electron chi connectivity index (χ2n) is 26.9. The molecule has 0 radical (unpaired) electrons. The molecule has 0 rings (SSSR count). The average Bonchev–Trinajstić information content (AvgIpc) is 2.82. The van der Waals surface area contributed by atoms with Crippen molar-refractivity contribution in [3.8, 4) is 0 Å². The van der Waals surface area contributed by atoms with E-state index in [2.05, 4.69) is 48.5 Å². The van der Waals surface area contributed by atoms with Crippen molar-refractivity contribution in [3.63, 3.8) is 0 Å². The van der Waals surface area contributed by atoms with Crippen LogP contribution in [-0.4, -0.2) is 96.7 Å². The molecule has 91 heavy (non-hydrogen) atoms. The van der Waals surface area contributed by atoms with Crippen LogP contribution in [0.25, 0.3) is 0 Å². The number of aliphatic hydroxyl groups is 1. The van der Waals surface area contributed by atoms with Gasteiger partial charge in [-0.05, 0) is 43.4 Å². The quantitative estimate of drug-likeness (QED) is 0.0222. The SMILES string of the molecule is CCCCCCCCCCCC(=O)OC[C@H](COP(=O)(O)OC[C@H](O)COP(=O)(O)OC[C@@H](COC(=O)CCCCCCCCCCC(C)CC)OC(=O)CCCCCCCCCCCCCCCCCC(C)C)OC(=O)CCCCCCCCCCC(C)CC. The first-order chi connectivity index (χ1) is 43.8. The lowest BCUT2D eigenvalue weighted by atomic mass is 9.99. The summed E-state index contributed by atoms with van der Waals surface area (Å²) in [4.78, 5) is 72.6. The summed E-state index contributed by atoms with van der Waals surface area (Å²) in [6.45, 7) is 11.9. The van der Waals surface area contributed by atoms with E-state index in [0.29, 0.717) is 25.7 Å². The summed E-state index contributed by atoms with van der Waals surface area (Å²) in [6, 6.07) is 0. The van der Waals surface area contributed by atoms with Crippen LogP contribution in [0.2, 0.25) is 0 Å². The van der Waals surface area contributed by atoms with Gasteiger partial charge in [0, 0.05) is 25.7 Å². The van der Waals surface area contributed by atoms with Gasteiger partial charge in [0.05, 0.1) is 26.4 Å². The molecule has 0 spiro atoms. The Morgan fingerprint density at radius 2 is 0.560 bits per heavy atom. The molecule has 0 saturated carbocycles. The molecule has 19 heteroatoms. The van der Waals surface area contributed by atoms with E-state index in [9.17, 15) is 43.2 Å². The van der Waals surface area contributed by atoms with Gasteiger partial charge in [0.15, 0.2) is 12.2 Å². The fraction of sp³-hybridized carbons (Fsp3) is 0.944. The van der Waals surface area contributed by atoms with Crippen molar-refractivity contribution in [1.29, 1.82) is 0 Å². The minimum atomic E-state index is -4.95. The van der Waals surface area contributed by atoms with E-state index in [1.165, 1.54) is 173 Å². The molecule has 0 bridgehead atoms. The van der Waals surface area contributed by atoms with Gasteiger partial charge in [0.2, 0.25) is 0 Å². The van der Waals surface area contributed by atoms with Crippen molar-refractivity contribution in [2.45, 2.75) is 381 Å². The first kappa shape index (κ1) is 89.1. The second-order valence-corrected chi connectivity index (χ2v) is 29.8. The zero-order valence-electron chi connectivity index (χ0n) is 59.3. The predicted octanol–water partition coefficient (Wildman–Crippen LogP) is 20.6. The van der Waals surface area contributed by atoms with Crippen molar-refractivity contribution in [2.24, 2.45) is 17.8 Å². The monoisotopic (exact) mass is 1340 g/mol. The third-order valence-corrected chi connectivity index (χ3v) is 19.3. The summed E-state index contributed by atoms with van der Waals surface area (Å²) in [5.74, 6) is 0.224. The number of aliphatic hydroxyl groups excluding tert-OH is 1. The number of hydrogen-bond donors (Lipinski definition) is 3. The Bertz CT molecular complexity index is 1790. The highest BCUT2D eigenvalue weighted by Gasteiger charge is 2.30. The lowest BCUT2D eigenvalue weighted by molar-refractivity contribution is -0.161. The predicted molar refractivity (Wildman–Crippen MR) is 368 cm³/mol. The normalized spacial score (nSPS) is 14.8. The van der Waals surface area contributed by atoms with Crippen LogP contribution in [0.15, 0.2) is 0 Å². The minimum absolute atomic E-state index is 0.105. The van der Waals surface area contributed by atoms with Crippen LogP contribution < -0.4 is 0 Å². The van der Waals surface area contributed by atoms with Gasteiger partial charge >= 0.3 is 39.5 Å². The molecule has 0 aliphatic carbocycles. The van der Waals surface area contributed by atoms with Gasteiger partial charge < -0.3 is 33.8 Å². The first-order valence-electron chi connectivity index (χ1n) is 37.4. The molecule has 0 fully saturated rings. The highest BCUT2D eigenvalue weighted by Crippen LogP contribution is 2.45. The molecular weight excluding hydrogens is 1200 g/mol. The Morgan fingerprint density at radius 1 is 0.319 bits per heavy atom. The molecule has 0 aromatic rings. The molecule has 540 valence electrons. The molecule has 4 unspecified atom stereocenters. The summed E-state index contributed by atoms with van der Waals surface area (Å²) in [6.07, 6.45) is 47.1. The topological polar surface area (TPSA) is 237 Å². The number of ether oxygens (including phenoxy) is 4. The Kier molecular flexibility index (Phi) is 61.5. The lowest BCUT2D eigenvalue weighted by Crippen LogP contribution is -2.30. The van der Waals surface area contributed by atoms with E-state index >= 15 is 0 Å². The van der Waals surface area contributed by atoms with Gasteiger partial charge in [-0.15, -0.1) is 0 Å². The fourth-order valence-corrected chi connectivity index (χ4v) is 12.4. The molecule has 17 nitrogen and oxygen atoms in total. The van der Waals surface area contributed by atoms with Crippen LogP contribution in [-0.2, 0) is 65.4 Å². The Morgan fingerprint density at radius 3 is 0.835 bits per heavy atom. The zero-order chi connectivity index (χ0) is 67.3. The molecule has 0 amide bonds.